The van der Waals surface area contributed by atoms with Gasteiger partial charge in [-0.2, -0.15) is 5.01 Å². The third kappa shape index (κ3) is 2.71. The van der Waals surface area contributed by atoms with Crippen LogP contribution in [0.1, 0.15) is 46.5 Å². The molecule has 3 rings (SSSR count). The lowest BCUT2D eigenvalue weighted by molar-refractivity contribution is 0.0186. The molecule has 7 nitrogen and oxygen atoms in total. The van der Waals surface area contributed by atoms with Crippen molar-refractivity contribution < 1.29 is 18.3 Å². The van der Waals surface area contributed by atoms with Crippen LogP contribution in [0.3, 0.4) is 0 Å². The van der Waals surface area contributed by atoms with Gasteiger partial charge in [0.05, 0.1) is 17.5 Å². The number of sulfonamides is 1. The molecule has 0 atom stereocenters. The summed E-state index contributed by atoms with van der Waals surface area (Å²) >= 11 is 0. The van der Waals surface area contributed by atoms with Gasteiger partial charge >= 0.3 is 6.09 Å². The molecule has 0 aromatic rings. The zero-order valence-electron chi connectivity index (χ0n) is 13.9. The number of carbonyl (C=O) groups is 1. The Hall–Kier alpha value is -1.28. The lowest BCUT2D eigenvalue weighted by Crippen LogP contribution is -2.55. The van der Waals surface area contributed by atoms with Crippen LogP contribution in [0.15, 0.2) is 11.3 Å². The monoisotopic (exact) mass is 343 g/mol. The lowest BCUT2D eigenvalue weighted by atomic mass is 10.1. The fourth-order valence-electron chi connectivity index (χ4n) is 3.66. The minimum atomic E-state index is -3.49. The summed E-state index contributed by atoms with van der Waals surface area (Å²) in [6, 6.07) is 0. The standard InChI is InChI=1S/C15H25N3O4S/c1-15(2,3)17-9-11-8-16(14(19)20)10-13(11)18(17)23(21,22)12-6-4-5-7-12/h12H,4-10H2,1-3H3,(H,19,20). The van der Waals surface area contributed by atoms with Crippen LogP contribution in [0.5, 0.6) is 0 Å². The number of hydrogen-bond donors (Lipinski definition) is 1. The largest absolute Gasteiger partial charge is 0.465 e. The molecule has 0 unspecified atom stereocenters. The highest BCUT2D eigenvalue weighted by Gasteiger charge is 2.49. The molecule has 130 valence electrons. The summed E-state index contributed by atoms with van der Waals surface area (Å²) < 4.78 is 27.8. The highest BCUT2D eigenvalue weighted by atomic mass is 32.2. The molecule has 1 aliphatic carbocycles. The van der Waals surface area contributed by atoms with Gasteiger partial charge in [-0.15, -0.1) is 0 Å². The van der Waals surface area contributed by atoms with Crippen LogP contribution in [0.4, 0.5) is 4.79 Å². The molecule has 1 saturated carbocycles. The van der Waals surface area contributed by atoms with Crippen molar-refractivity contribution in [3.8, 4) is 0 Å². The van der Waals surface area contributed by atoms with Crippen molar-refractivity contribution in [2.24, 2.45) is 0 Å². The van der Waals surface area contributed by atoms with Gasteiger partial charge in [-0.3, -0.25) is 4.90 Å². The molecule has 0 bridgehead atoms. The van der Waals surface area contributed by atoms with Crippen molar-refractivity contribution in [2.45, 2.75) is 57.2 Å². The molecule has 1 amide bonds. The Labute approximate surface area is 137 Å². The van der Waals surface area contributed by atoms with E-state index in [1.807, 2.05) is 25.8 Å². The summed E-state index contributed by atoms with van der Waals surface area (Å²) in [7, 11) is -3.49. The average molecular weight is 343 g/mol. The first-order valence-corrected chi connectivity index (χ1v) is 9.63. The topological polar surface area (TPSA) is 81.2 Å². The van der Waals surface area contributed by atoms with Crippen LogP contribution in [0.2, 0.25) is 0 Å². The summed E-state index contributed by atoms with van der Waals surface area (Å²) in [6.07, 6.45) is 2.28. The fraction of sp³-hybridized carbons (Fsp3) is 0.800. The highest BCUT2D eigenvalue weighted by Crippen LogP contribution is 2.40. The number of carboxylic acid groups (broad SMARTS) is 1. The third-order valence-corrected chi connectivity index (χ3v) is 7.14. The van der Waals surface area contributed by atoms with E-state index in [-0.39, 0.29) is 17.3 Å². The zero-order valence-corrected chi connectivity index (χ0v) is 14.8. The zero-order chi connectivity index (χ0) is 17.0. The summed E-state index contributed by atoms with van der Waals surface area (Å²) in [5.41, 5.74) is 1.21. The van der Waals surface area contributed by atoms with Crippen molar-refractivity contribution in [3.05, 3.63) is 11.3 Å². The van der Waals surface area contributed by atoms with Crippen molar-refractivity contribution in [3.63, 3.8) is 0 Å². The van der Waals surface area contributed by atoms with Crippen molar-refractivity contribution >= 4 is 16.1 Å². The van der Waals surface area contributed by atoms with E-state index in [1.54, 1.807) is 0 Å². The van der Waals surface area contributed by atoms with Gasteiger partial charge in [0.15, 0.2) is 0 Å². The van der Waals surface area contributed by atoms with Gasteiger partial charge in [0.1, 0.15) is 0 Å². The van der Waals surface area contributed by atoms with E-state index in [2.05, 4.69) is 0 Å². The molecule has 0 spiro atoms. The second-order valence-corrected chi connectivity index (χ2v) is 9.65. The molecular formula is C15H25N3O4S. The van der Waals surface area contributed by atoms with Crippen LogP contribution in [0, 0.1) is 0 Å². The smallest absolute Gasteiger partial charge is 0.407 e. The van der Waals surface area contributed by atoms with E-state index in [9.17, 15) is 18.3 Å². The summed E-state index contributed by atoms with van der Waals surface area (Å²) in [6.45, 7) is 6.90. The molecule has 2 aliphatic heterocycles. The van der Waals surface area contributed by atoms with Crippen LogP contribution in [-0.4, -0.2) is 64.4 Å². The number of rotatable bonds is 2. The van der Waals surface area contributed by atoms with Crippen LogP contribution < -0.4 is 0 Å². The summed E-state index contributed by atoms with van der Waals surface area (Å²) in [4.78, 5) is 12.5. The Kier molecular flexibility index (Phi) is 3.87. The molecular weight excluding hydrogens is 318 g/mol. The van der Waals surface area contributed by atoms with Gasteiger partial charge in [-0.05, 0) is 39.2 Å². The minimum Gasteiger partial charge on any atom is -0.465 e. The number of hydrazine groups is 1. The maximum atomic E-state index is 13.2. The van der Waals surface area contributed by atoms with Crippen LogP contribution >= 0.6 is 0 Å². The van der Waals surface area contributed by atoms with E-state index in [1.165, 1.54) is 9.31 Å². The Morgan fingerprint density at radius 3 is 2.26 bits per heavy atom. The van der Waals surface area contributed by atoms with Crippen LogP contribution in [-0.2, 0) is 10.0 Å². The van der Waals surface area contributed by atoms with Gasteiger partial charge < -0.3 is 5.11 Å². The van der Waals surface area contributed by atoms with Gasteiger partial charge in [-0.25, -0.2) is 17.6 Å². The molecule has 0 aromatic heterocycles. The Bertz CT molecular complexity index is 644. The van der Waals surface area contributed by atoms with E-state index in [4.69, 9.17) is 0 Å². The first-order valence-electron chi connectivity index (χ1n) is 8.13. The molecule has 23 heavy (non-hydrogen) atoms. The van der Waals surface area contributed by atoms with Crippen molar-refractivity contribution in [2.75, 3.05) is 19.6 Å². The van der Waals surface area contributed by atoms with Gasteiger partial charge in [0, 0.05) is 18.6 Å². The lowest BCUT2D eigenvalue weighted by Gasteiger charge is -2.42. The molecule has 0 radical (unpaired) electrons. The second kappa shape index (κ2) is 5.37. The maximum Gasteiger partial charge on any atom is 0.407 e. The molecule has 1 N–H and O–H groups in total. The summed E-state index contributed by atoms with van der Waals surface area (Å²) in [5.74, 6) is 0. The number of amides is 1. The highest BCUT2D eigenvalue weighted by molar-refractivity contribution is 7.89. The second-order valence-electron chi connectivity index (χ2n) is 7.61. The molecule has 1 fully saturated rings. The van der Waals surface area contributed by atoms with E-state index >= 15 is 0 Å². The van der Waals surface area contributed by atoms with E-state index < -0.39 is 16.1 Å². The molecule has 0 aromatic carbocycles. The number of nitrogens with zero attached hydrogens (tertiary/aromatic N) is 3. The quantitative estimate of drug-likeness (QED) is 0.827. The SMILES string of the molecule is CC(C)(C)N1CC2=C(CN(C(=O)O)C2)N1S(=O)(=O)C1CCCC1. The van der Waals surface area contributed by atoms with Crippen LogP contribution in [0.25, 0.3) is 0 Å². The number of hydrogen-bond acceptors (Lipinski definition) is 4. The molecule has 3 aliphatic rings. The summed E-state index contributed by atoms with van der Waals surface area (Å²) in [5, 5.41) is 10.7. The van der Waals surface area contributed by atoms with Gasteiger partial charge in [-0.1, -0.05) is 12.8 Å². The van der Waals surface area contributed by atoms with Crippen molar-refractivity contribution in [1.29, 1.82) is 0 Å². The third-order valence-electron chi connectivity index (χ3n) is 4.93. The fourth-order valence-corrected chi connectivity index (χ4v) is 5.94. The molecule has 2 heterocycles. The Morgan fingerprint density at radius 1 is 1.13 bits per heavy atom. The molecule has 0 saturated heterocycles. The average Bonchev–Trinajstić information content (AvgIpc) is 3.12. The normalized spacial score (nSPS) is 24.0. The Morgan fingerprint density at radius 2 is 1.74 bits per heavy atom. The molecule has 8 heteroatoms. The predicted molar refractivity (Wildman–Crippen MR) is 86.1 cm³/mol. The first kappa shape index (κ1) is 16.6. The van der Waals surface area contributed by atoms with Crippen molar-refractivity contribution in [1.82, 2.24) is 14.3 Å². The maximum absolute atomic E-state index is 13.2. The van der Waals surface area contributed by atoms with E-state index in [0.717, 1.165) is 18.4 Å². The Balaban J connectivity index is 1.96. The minimum absolute atomic E-state index is 0.156. The van der Waals surface area contributed by atoms with Gasteiger partial charge in [0.25, 0.3) is 10.0 Å². The predicted octanol–water partition coefficient (Wildman–Crippen LogP) is 1.84. The van der Waals surface area contributed by atoms with E-state index in [0.29, 0.717) is 31.6 Å². The first-order chi connectivity index (χ1) is 10.6. The van der Waals surface area contributed by atoms with Gasteiger partial charge in [0.2, 0.25) is 0 Å².